The molecular formula is C39H39N3O8. The molecule has 0 fully saturated rings. The minimum absolute atomic E-state index is 0.00163. The van der Waals surface area contributed by atoms with E-state index in [9.17, 15) is 28.8 Å². The second-order valence-corrected chi connectivity index (χ2v) is 12.0. The molecule has 2 amide bonds. The highest BCUT2D eigenvalue weighted by Gasteiger charge is 2.24. The third-order valence-corrected chi connectivity index (χ3v) is 7.77. The SMILES string of the molecule is COC(=O)c1ccc(CC(=O)c2ccc(CC(=O)c3ccc(CC(=O)[C@H](CC(N)=O)NC(=O)c4ccc(N)cc4)cc3)c(OC(C)C)c2)cc1. The number of Topliss-reactive ketones (excluding diaryl/α,β-unsaturated/α-hetero) is 3. The van der Waals surface area contributed by atoms with E-state index >= 15 is 0 Å². The van der Waals surface area contributed by atoms with Crippen LogP contribution in [0.5, 0.6) is 5.75 Å². The second-order valence-electron chi connectivity index (χ2n) is 12.0. The predicted octanol–water partition coefficient (Wildman–Crippen LogP) is 4.48. The minimum atomic E-state index is -1.14. The Bertz CT molecular complexity index is 1880. The molecule has 0 saturated carbocycles. The molecule has 1 atom stereocenters. The molecule has 0 aliphatic rings. The van der Waals surface area contributed by atoms with Crippen LogP contribution in [0.4, 0.5) is 5.69 Å². The van der Waals surface area contributed by atoms with Crippen LogP contribution in [0.15, 0.2) is 91.0 Å². The van der Waals surface area contributed by atoms with Gasteiger partial charge in [-0.15, -0.1) is 0 Å². The molecule has 0 spiro atoms. The maximum absolute atomic E-state index is 13.3. The van der Waals surface area contributed by atoms with Crippen LogP contribution < -0.4 is 21.5 Å². The molecule has 0 unspecified atom stereocenters. The molecule has 0 aliphatic carbocycles. The average molecular weight is 678 g/mol. The lowest BCUT2D eigenvalue weighted by Crippen LogP contribution is -2.44. The lowest BCUT2D eigenvalue weighted by Gasteiger charge is -2.17. The molecule has 0 aliphatic heterocycles. The number of methoxy groups -OCH3 is 1. The van der Waals surface area contributed by atoms with Gasteiger partial charge in [-0.1, -0.05) is 48.5 Å². The minimum Gasteiger partial charge on any atom is -0.491 e. The van der Waals surface area contributed by atoms with Gasteiger partial charge in [0, 0.05) is 47.2 Å². The molecule has 0 radical (unpaired) electrons. The molecule has 5 N–H and O–H groups in total. The van der Waals surface area contributed by atoms with Crippen LogP contribution in [0.25, 0.3) is 0 Å². The monoisotopic (exact) mass is 677 g/mol. The van der Waals surface area contributed by atoms with Gasteiger partial charge in [0.25, 0.3) is 5.91 Å². The van der Waals surface area contributed by atoms with Gasteiger partial charge in [0.15, 0.2) is 17.3 Å². The van der Waals surface area contributed by atoms with E-state index in [1.165, 1.54) is 19.2 Å². The maximum Gasteiger partial charge on any atom is 0.337 e. The van der Waals surface area contributed by atoms with Crippen molar-refractivity contribution >= 4 is 40.8 Å². The molecule has 11 nitrogen and oxygen atoms in total. The second kappa shape index (κ2) is 16.8. The summed E-state index contributed by atoms with van der Waals surface area (Å²) in [5.41, 5.74) is 14.9. The highest BCUT2D eigenvalue weighted by Crippen LogP contribution is 2.25. The molecule has 4 aromatic carbocycles. The lowest BCUT2D eigenvalue weighted by atomic mass is 9.96. The molecule has 0 saturated heterocycles. The number of ether oxygens (including phenoxy) is 2. The number of hydrogen-bond donors (Lipinski definition) is 3. The highest BCUT2D eigenvalue weighted by molar-refractivity contribution is 6.01. The quantitative estimate of drug-likeness (QED) is 0.0874. The van der Waals surface area contributed by atoms with Crippen molar-refractivity contribution in [1.82, 2.24) is 5.32 Å². The first-order chi connectivity index (χ1) is 23.8. The van der Waals surface area contributed by atoms with Crippen LogP contribution in [-0.4, -0.2) is 54.4 Å². The molecular weight excluding hydrogens is 638 g/mol. The normalized spacial score (nSPS) is 11.4. The Labute approximate surface area is 290 Å². The first-order valence-corrected chi connectivity index (χ1v) is 15.9. The number of benzene rings is 4. The Morgan fingerprint density at radius 3 is 1.80 bits per heavy atom. The number of ketones is 3. The first-order valence-electron chi connectivity index (χ1n) is 15.9. The molecule has 11 heteroatoms. The zero-order chi connectivity index (χ0) is 36.4. The van der Waals surface area contributed by atoms with Crippen molar-refractivity contribution in [3.8, 4) is 5.75 Å². The van der Waals surface area contributed by atoms with Gasteiger partial charge in [-0.3, -0.25) is 24.0 Å². The van der Waals surface area contributed by atoms with E-state index < -0.39 is 29.6 Å². The van der Waals surface area contributed by atoms with Crippen LogP contribution in [-0.2, 0) is 33.6 Å². The molecule has 50 heavy (non-hydrogen) atoms. The fourth-order valence-electron chi connectivity index (χ4n) is 5.13. The molecule has 4 aromatic rings. The number of nitrogens with two attached hydrogens (primary N) is 2. The Morgan fingerprint density at radius 2 is 1.22 bits per heavy atom. The summed E-state index contributed by atoms with van der Waals surface area (Å²) in [6.45, 7) is 3.70. The van der Waals surface area contributed by atoms with Gasteiger partial charge in [-0.05, 0) is 67.4 Å². The smallest absolute Gasteiger partial charge is 0.337 e. The van der Waals surface area contributed by atoms with Crippen molar-refractivity contribution in [2.45, 2.75) is 51.7 Å². The van der Waals surface area contributed by atoms with Gasteiger partial charge in [-0.25, -0.2) is 4.79 Å². The molecule has 0 heterocycles. The number of carbonyl (C=O) groups excluding carboxylic acids is 6. The van der Waals surface area contributed by atoms with E-state index in [4.69, 9.17) is 20.9 Å². The average Bonchev–Trinajstić information content (AvgIpc) is 3.08. The summed E-state index contributed by atoms with van der Waals surface area (Å²) in [7, 11) is 1.30. The number of amides is 2. The third-order valence-electron chi connectivity index (χ3n) is 7.77. The van der Waals surface area contributed by atoms with Gasteiger partial charge in [0.05, 0.1) is 31.2 Å². The summed E-state index contributed by atoms with van der Waals surface area (Å²) in [5, 5.41) is 2.58. The van der Waals surface area contributed by atoms with E-state index in [1.54, 1.807) is 78.9 Å². The van der Waals surface area contributed by atoms with Crippen LogP contribution in [0.1, 0.15) is 78.4 Å². The van der Waals surface area contributed by atoms with Gasteiger partial charge in [-0.2, -0.15) is 0 Å². The Kier molecular flexibility index (Phi) is 12.4. The Hall–Kier alpha value is -6.10. The van der Waals surface area contributed by atoms with Gasteiger partial charge in [0.2, 0.25) is 5.91 Å². The largest absolute Gasteiger partial charge is 0.491 e. The van der Waals surface area contributed by atoms with Crippen molar-refractivity contribution in [2.24, 2.45) is 5.73 Å². The van der Waals surface area contributed by atoms with Crippen molar-refractivity contribution in [3.05, 3.63) is 130 Å². The number of nitrogen functional groups attached to an aromatic ring is 1. The fourth-order valence-corrected chi connectivity index (χ4v) is 5.13. The summed E-state index contributed by atoms with van der Waals surface area (Å²) in [5.74, 6) is -2.11. The third kappa shape index (κ3) is 10.2. The van der Waals surface area contributed by atoms with E-state index in [0.717, 1.165) is 5.56 Å². The molecule has 4 rings (SSSR count). The lowest BCUT2D eigenvalue weighted by molar-refractivity contribution is -0.125. The van der Waals surface area contributed by atoms with Crippen molar-refractivity contribution in [2.75, 3.05) is 12.8 Å². The van der Waals surface area contributed by atoms with E-state index in [-0.39, 0.29) is 48.9 Å². The molecule has 0 bridgehead atoms. The molecule has 0 aromatic heterocycles. The van der Waals surface area contributed by atoms with Gasteiger partial charge in [0.1, 0.15) is 5.75 Å². The van der Waals surface area contributed by atoms with E-state index in [1.807, 2.05) is 13.8 Å². The number of nitrogens with one attached hydrogen (secondary N) is 1. The number of anilines is 1. The number of primary amides is 1. The van der Waals surface area contributed by atoms with E-state index in [0.29, 0.717) is 39.3 Å². The number of rotatable bonds is 16. The zero-order valence-electron chi connectivity index (χ0n) is 28.1. The highest BCUT2D eigenvalue weighted by atomic mass is 16.5. The topological polar surface area (TPSA) is 185 Å². The maximum atomic E-state index is 13.3. The zero-order valence-corrected chi connectivity index (χ0v) is 28.1. The van der Waals surface area contributed by atoms with Crippen molar-refractivity contribution in [1.29, 1.82) is 0 Å². The van der Waals surface area contributed by atoms with Crippen LogP contribution in [0.3, 0.4) is 0 Å². The van der Waals surface area contributed by atoms with Crippen LogP contribution in [0.2, 0.25) is 0 Å². The van der Waals surface area contributed by atoms with Gasteiger partial charge < -0.3 is 26.3 Å². The van der Waals surface area contributed by atoms with Crippen LogP contribution >= 0.6 is 0 Å². The summed E-state index contributed by atoms with van der Waals surface area (Å²) in [6.07, 6.45) is -0.584. The predicted molar refractivity (Wildman–Crippen MR) is 187 cm³/mol. The Balaban J connectivity index is 1.42. The number of hydrogen-bond acceptors (Lipinski definition) is 9. The van der Waals surface area contributed by atoms with Crippen LogP contribution in [0, 0.1) is 0 Å². The van der Waals surface area contributed by atoms with Crippen molar-refractivity contribution < 1.29 is 38.2 Å². The number of carbonyl (C=O) groups is 6. The summed E-state index contributed by atoms with van der Waals surface area (Å²) < 4.78 is 10.7. The molecule has 258 valence electrons. The summed E-state index contributed by atoms with van der Waals surface area (Å²) >= 11 is 0. The van der Waals surface area contributed by atoms with E-state index in [2.05, 4.69) is 5.32 Å². The first kappa shape index (κ1) is 36.7. The Morgan fingerprint density at radius 1 is 0.680 bits per heavy atom. The van der Waals surface area contributed by atoms with Crippen molar-refractivity contribution in [3.63, 3.8) is 0 Å². The van der Waals surface area contributed by atoms with Gasteiger partial charge >= 0.3 is 5.97 Å². The number of esters is 1. The summed E-state index contributed by atoms with van der Waals surface area (Å²) in [6, 6.07) is 23.1. The fraction of sp³-hybridized carbons (Fsp3) is 0.231. The standard InChI is InChI=1S/C39H39N3O8/c1-23(2)50-36-21-29(33(43)18-24-6-10-28(11-7-24)39(48)49-3)12-13-30(36)20-34(44)26-8-4-25(5-9-26)19-35(45)32(22-37(41)46)42-38(47)27-14-16-31(40)17-15-27/h4-17,21,23,32H,18-20,22,40H2,1-3H3,(H2,41,46)(H,42,47)/t32-/m0/s1. The summed E-state index contributed by atoms with van der Waals surface area (Å²) in [4.78, 5) is 75.6.